The van der Waals surface area contributed by atoms with Crippen LogP contribution >= 0.6 is 28.1 Å². The lowest BCUT2D eigenvalue weighted by Gasteiger charge is -2.05. The number of rotatable bonds is 4. The Balaban J connectivity index is 1.85. The Morgan fingerprint density at radius 3 is 2.95 bits per heavy atom. The number of fused-ring (bicyclic) bond motifs is 1. The number of aryl methyl sites for hydroxylation is 2. The zero-order valence-electron chi connectivity index (χ0n) is 10.4. The molecule has 0 saturated heterocycles. The number of nitrogens with zero attached hydrogens (tertiary/aromatic N) is 4. The quantitative estimate of drug-likeness (QED) is 0.730. The maximum absolute atomic E-state index is 13.7. The summed E-state index contributed by atoms with van der Waals surface area (Å²) in [5.74, 6) is -0.295. The van der Waals surface area contributed by atoms with Crippen LogP contribution in [0.3, 0.4) is 0 Å². The maximum Gasteiger partial charge on any atom is 0.178 e. The highest BCUT2D eigenvalue weighted by Gasteiger charge is 2.08. The Morgan fingerprint density at radius 2 is 2.20 bits per heavy atom. The van der Waals surface area contributed by atoms with Crippen LogP contribution in [0.1, 0.15) is 6.42 Å². The first kappa shape index (κ1) is 13.4. The first-order valence-electron chi connectivity index (χ1n) is 6.07. The lowest BCUT2D eigenvalue weighted by Crippen LogP contribution is -2.05. The molecule has 0 aliphatic rings. The summed E-state index contributed by atoms with van der Waals surface area (Å²) in [5.41, 5.74) is 1.60. The van der Waals surface area contributed by atoms with E-state index in [1.807, 2.05) is 10.8 Å². The van der Waals surface area contributed by atoms with E-state index in [9.17, 15) is 4.39 Å². The van der Waals surface area contributed by atoms with Crippen molar-refractivity contribution in [3.63, 3.8) is 0 Å². The van der Waals surface area contributed by atoms with Crippen LogP contribution in [-0.2, 0) is 13.1 Å². The van der Waals surface area contributed by atoms with Crippen LogP contribution in [0.4, 0.5) is 4.39 Å². The van der Waals surface area contributed by atoms with E-state index in [0.29, 0.717) is 15.8 Å². The summed E-state index contributed by atoms with van der Waals surface area (Å²) < 4.78 is 18.3. The molecule has 0 saturated carbocycles. The third kappa shape index (κ3) is 2.53. The van der Waals surface area contributed by atoms with Gasteiger partial charge in [0.15, 0.2) is 4.77 Å². The van der Waals surface area contributed by atoms with Gasteiger partial charge in [0.1, 0.15) is 5.82 Å². The number of benzene rings is 1. The van der Waals surface area contributed by atoms with Crippen LogP contribution < -0.4 is 0 Å². The molecule has 0 atom stereocenters. The second-order valence-electron chi connectivity index (χ2n) is 4.38. The second-order valence-corrected chi connectivity index (χ2v) is 5.63. The van der Waals surface area contributed by atoms with Crippen molar-refractivity contribution in [1.29, 1.82) is 0 Å². The van der Waals surface area contributed by atoms with Crippen molar-refractivity contribution in [2.75, 3.05) is 0 Å². The van der Waals surface area contributed by atoms with Crippen LogP contribution in [0.5, 0.6) is 0 Å². The van der Waals surface area contributed by atoms with Crippen LogP contribution in [0.15, 0.2) is 29.0 Å². The van der Waals surface area contributed by atoms with Gasteiger partial charge in [-0.05, 0) is 40.6 Å². The zero-order valence-corrected chi connectivity index (χ0v) is 12.8. The predicted molar refractivity (Wildman–Crippen MR) is 79.4 cm³/mol. The summed E-state index contributed by atoms with van der Waals surface area (Å²) >= 11 is 8.46. The van der Waals surface area contributed by atoms with Crippen molar-refractivity contribution in [1.82, 2.24) is 24.5 Å². The van der Waals surface area contributed by atoms with Crippen molar-refractivity contribution in [3.8, 4) is 0 Å². The van der Waals surface area contributed by atoms with Crippen LogP contribution in [0.25, 0.3) is 11.0 Å². The van der Waals surface area contributed by atoms with Gasteiger partial charge < -0.3 is 9.55 Å². The van der Waals surface area contributed by atoms with Crippen LogP contribution in [0.2, 0.25) is 0 Å². The highest BCUT2D eigenvalue weighted by atomic mass is 79.9. The standard InChI is InChI=1S/C12H11BrFN5S/c13-8-6-10-11(7-9(8)14)19(12(20)16-10)4-1-3-18-5-2-15-17-18/h2,5-7H,1,3-4H2,(H,16,20). The summed E-state index contributed by atoms with van der Waals surface area (Å²) in [5, 5.41) is 7.65. The number of nitrogens with one attached hydrogen (secondary N) is 1. The molecule has 0 unspecified atom stereocenters. The SMILES string of the molecule is Fc1cc2c(cc1Br)[nH]c(=S)n2CCCn1ccnn1. The Labute approximate surface area is 127 Å². The number of imidazole rings is 1. The van der Waals surface area contributed by atoms with E-state index in [1.165, 1.54) is 6.07 Å². The van der Waals surface area contributed by atoms with Crippen molar-refractivity contribution < 1.29 is 4.39 Å². The summed E-state index contributed by atoms with van der Waals surface area (Å²) in [6, 6.07) is 3.19. The van der Waals surface area contributed by atoms with E-state index in [4.69, 9.17) is 12.2 Å². The van der Waals surface area contributed by atoms with E-state index in [-0.39, 0.29) is 5.82 Å². The van der Waals surface area contributed by atoms with Gasteiger partial charge in [0.05, 0.1) is 21.7 Å². The van der Waals surface area contributed by atoms with Gasteiger partial charge in [-0.1, -0.05) is 5.21 Å². The molecular weight excluding hydrogens is 345 g/mol. The largest absolute Gasteiger partial charge is 0.331 e. The monoisotopic (exact) mass is 355 g/mol. The van der Waals surface area contributed by atoms with E-state index in [0.717, 1.165) is 24.0 Å². The number of hydrogen-bond donors (Lipinski definition) is 1. The molecule has 5 nitrogen and oxygen atoms in total. The van der Waals surface area contributed by atoms with Gasteiger partial charge in [-0.2, -0.15) is 0 Å². The smallest absolute Gasteiger partial charge is 0.178 e. The molecule has 0 bridgehead atoms. The van der Waals surface area contributed by atoms with Gasteiger partial charge >= 0.3 is 0 Å². The normalized spacial score (nSPS) is 11.3. The summed E-state index contributed by atoms with van der Waals surface area (Å²) in [6.07, 6.45) is 4.29. The van der Waals surface area contributed by atoms with E-state index in [2.05, 4.69) is 31.2 Å². The van der Waals surface area contributed by atoms with Gasteiger partial charge in [-0.3, -0.25) is 4.68 Å². The highest BCUT2D eigenvalue weighted by Crippen LogP contribution is 2.23. The van der Waals surface area contributed by atoms with Crippen molar-refractivity contribution in [2.24, 2.45) is 0 Å². The molecule has 1 N–H and O–H groups in total. The van der Waals surface area contributed by atoms with E-state index in [1.54, 1.807) is 16.9 Å². The minimum Gasteiger partial charge on any atom is -0.331 e. The summed E-state index contributed by atoms with van der Waals surface area (Å²) in [6.45, 7) is 1.44. The Kier molecular flexibility index (Phi) is 3.66. The predicted octanol–water partition coefficient (Wildman–Crippen LogP) is 3.28. The molecule has 0 radical (unpaired) electrons. The van der Waals surface area contributed by atoms with Gasteiger partial charge in [-0.25, -0.2) is 4.39 Å². The third-order valence-corrected chi connectivity index (χ3v) is 3.99. The molecule has 20 heavy (non-hydrogen) atoms. The number of hydrogen-bond acceptors (Lipinski definition) is 3. The molecule has 1 aromatic carbocycles. The number of halogens is 2. The lowest BCUT2D eigenvalue weighted by molar-refractivity contribution is 0.517. The molecule has 3 rings (SSSR count). The van der Waals surface area contributed by atoms with Gasteiger partial charge in [-0.15, -0.1) is 5.10 Å². The number of aromatic nitrogens is 5. The molecule has 2 aromatic heterocycles. The molecule has 2 heterocycles. The molecule has 0 aliphatic carbocycles. The minimum atomic E-state index is -0.295. The average Bonchev–Trinajstić information content (AvgIpc) is 3.01. The lowest BCUT2D eigenvalue weighted by atomic mass is 10.3. The Hall–Kier alpha value is -1.54. The molecule has 0 aliphatic heterocycles. The van der Waals surface area contributed by atoms with Gasteiger partial charge in [0, 0.05) is 25.4 Å². The fraction of sp³-hybridized carbons (Fsp3) is 0.250. The van der Waals surface area contributed by atoms with Crippen molar-refractivity contribution in [3.05, 3.63) is 39.6 Å². The van der Waals surface area contributed by atoms with Crippen molar-refractivity contribution >= 4 is 39.2 Å². The van der Waals surface area contributed by atoms with Gasteiger partial charge in [0.2, 0.25) is 0 Å². The molecule has 0 fully saturated rings. The second kappa shape index (κ2) is 5.45. The average molecular weight is 356 g/mol. The molecule has 0 amide bonds. The summed E-state index contributed by atoms with van der Waals surface area (Å²) in [4.78, 5) is 3.09. The van der Waals surface area contributed by atoms with E-state index >= 15 is 0 Å². The van der Waals surface area contributed by atoms with Crippen molar-refractivity contribution in [2.45, 2.75) is 19.5 Å². The fourth-order valence-electron chi connectivity index (χ4n) is 2.12. The Morgan fingerprint density at radius 1 is 1.35 bits per heavy atom. The minimum absolute atomic E-state index is 0.295. The fourth-order valence-corrected chi connectivity index (χ4v) is 2.76. The molecule has 3 aromatic rings. The van der Waals surface area contributed by atoms with Crippen LogP contribution in [-0.4, -0.2) is 24.5 Å². The summed E-state index contributed by atoms with van der Waals surface area (Å²) in [7, 11) is 0. The maximum atomic E-state index is 13.7. The Bertz CT molecular complexity index is 792. The molecular formula is C12H11BrFN5S. The van der Waals surface area contributed by atoms with Crippen LogP contribution in [0, 0.1) is 10.6 Å². The number of H-pyrrole nitrogens is 1. The third-order valence-electron chi connectivity index (χ3n) is 3.06. The first-order chi connectivity index (χ1) is 9.65. The number of aromatic amines is 1. The first-order valence-corrected chi connectivity index (χ1v) is 7.27. The molecule has 104 valence electrons. The molecule has 8 heteroatoms. The molecule has 0 spiro atoms. The zero-order chi connectivity index (χ0) is 14.1. The van der Waals surface area contributed by atoms with E-state index < -0.39 is 0 Å². The van der Waals surface area contributed by atoms with Gasteiger partial charge in [0.25, 0.3) is 0 Å². The highest BCUT2D eigenvalue weighted by molar-refractivity contribution is 9.10. The topological polar surface area (TPSA) is 51.4 Å².